The number of nitrogen functional groups attached to an aromatic ring is 1. The molecule has 0 radical (unpaired) electrons. The van der Waals surface area contributed by atoms with Gasteiger partial charge in [-0.25, -0.2) is 0 Å². The summed E-state index contributed by atoms with van der Waals surface area (Å²) < 4.78 is 0. The smallest absolute Gasteiger partial charge is 0.0354 e. The van der Waals surface area contributed by atoms with Crippen LogP contribution in [0.4, 0.5) is 5.69 Å². The Morgan fingerprint density at radius 1 is 1.38 bits per heavy atom. The minimum atomic E-state index is 0.679. The molecule has 16 heavy (non-hydrogen) atoms. The minimum Gasteiger partial charge on any atom is -0.399 e. The van der Waals surface area contributed by atoms with Crippen molar-refractivity contribution < 1.29 is 0 Å². The zero-order chi connectivity index (χ0) is 11.1. The number of nitrogens with zero attached hydrogens (tertiary/aromatic N) is 1. The highest BCUT2D eigenvalue weighted by atomic mass is 15.2. The van der Waals surface area contributed by atoms with E-state index in [2.05, 4.69) is 24.0 Å². The maximum absolute atomic E-state index is 5.83. The molecule has 3 rings (SSSR count). The van der Waals surface area contributed by atoms with Crippen LogP contribution >= 0.6 is 0 Å². The van der Waals surface area contributed by atoms with Crippen LogP contribution in [0.25, 0.3) is 0 Å². The van der Waals surface area contributed by atoms with Gasteiger partial charge >= 0.3 is 0 Å². The fourth-order valence-corrected chi connectivity index (χ4v) is 3.12. The van der Waals surface area contributed by atoms with E-state index in [1.165, 1.54) is 43.5 Å². The third-order valence-electron chi connectivity index (χ3n) is 4.22. The molecule has 1 atom stereocenters. The van der Waals surface area contributed by atoms with Gasteiger partial charge in [0.15, 0.2) is 0 Å². The van der Waals surface area contributed by atoms with E-state index in [9.17, 15) is 0 Å². The topological polar surface area (TPSA) is 29.3 Å². The number of hydrogen-bond acceptors (Lipinski definition) is 2. The second kappa shape index (κ2) is 3.77. The molecule has 2 heteroatoms. The van der Waals surface area contributed by atoms with Crippen LogP contribution in [-0.4, -0.2) is 18.0 Å². The van der Waals surface area contributed by atoms with Crippen LogP contribution in [0, 0.1) is 5.92 Å². The van der Waals surface area contributed by atoms with Gasteiger partial charge in [0.05, 0.1) is 0 Å². The van der Waals surface area contributed by atoms with Gasteiger partial charge in [0, 0.05) is 24.8 Å². The van der Waals surface area contributed by atoms with Crippen LogP contribution in [0.15, 0.2) is 18.2 Å². The van der Waals surface area contributed by atoms with Gasteiger partial charge in [-0.1, -0.05) is 19.4 Å². The van der Waals surface area contributed by atoms with E-state index in [1.54, 1.807) is 0 Å². The van der Waals surface area contributed by atoms with Crippen LogP contribution in [0.1, 0.15) is 36.9 Å². The summed E-state index contributed by atoms with van der Waals surface area (Å²) in [5.41, 5.74) is 9.75. The maximum Gasteiger partial charge on any atom is 0.0354 e. The molecular weight excluding hydrogens is 196 g/mol. The number of anilines is 1. The molecule has 0 saturated carbocycles. The molecule has 2 aliphatic rings. The molecule has 1 heterocycles. The number of likely N-dealkylation sites (tertiary alicyclic amines) is 1. The van der Waals surface area contributed by atoms with Crippen LogP contribution in [0.2, 0.25) is 0 Å². The number of aryl methyl sites for hydroxylation is 1. The van der Waals surface area contributed by atoms with Crippen molar-refractivity contribution in [2.45, 2.75) is 32.2 Å². The van der Waals surface area contributed by atoms with E-state index < -0.39 is 0 Å². The van der Waals surface area contributed by atoms with Crippen LogP contribution in [-0.2, 0) is 6.42 Å². The van der Waals surface area contributed by atoms with E-state index >= 15 is 0 Å². The van der Waals surface area contributed by atoms with Gasteiger partial charge in [-0.05, 0) is 42.0 Å². The third-order valence-corrected chi connectivity index (χ3v) is 4.22. The number of hydrogen-bond donors (Lipinski definition) is 1. The summed E-state index contributed by atoms with van der Waals surface area (Å²) in [5.74, 6) is 0.942. The minimum absolute atomic E-state index is 0.679. The van der Waals surface area contributed by atoms with Crippen molar-refractivity contribution in [2.75, 3.05) is 18.8 Å². The molecule has 0 aromatic heterocycles. The van der Waals surface area contributed by atoms with E-state index in [-0.39, 0.29) is 0 Å². The molecule has 1 aliphatic heterocycles. The van der Waals surface area contributed by atoms with Crippen LogP contribution < -0.4 is 5.73 Å². The number of rotatable bonds is 2. The SMILES string of the molecule is CCC1CN(C2CCc3cc(N)ccc32)C1. The molecule has 1 aromatic carbocycles. The number of nitrogens with two attached hydrogens (primary N) is 1. The Hall–Kier alpha value is -1.02. The predicted molar refractivity (Wildman–Crippen MR) is 67.3 cm³/mol. The average molecular weight is 216 g/mol. The summed E-state index contributed by atoms with van der Waals surface area (Å²) in [7, 11) is 0. The fraction of sp³-hybridized carbons (Fsp3) is 0.571. The first-order chi connectivity index (χ1) is 7.78. The monoisotopic (exact) mass is 216 g/mol. The van der Waals surface area contributed by atoms with Crippen molar-refractivity contribution in [2.24, 2.45) is 5.92 Å². The van der Waals surface area contributed by atoms with Crippen molar-refractivity contribution in [3.63, 3.8) is 0 Å². The summed E-state index contributed by atoms with van der Waals surface area (Å²) in [6, 6.07) is 7.13. The molecule has 2 nitrogen and oxygen atoms in total. The summed E-state index contributed by atoms with van der Waals surface area (Å²) in [6.07, 6.45) is 3.82. The Bertz CT molecular complexity index is 394. The van der Waals surface area contributed by atoms with E-state index in [1.807, 2.05) is 6.07 Å². The molecule has 1 aliphatic carbocycles. The number of benzene rings is 1. The highest BCUT2D eigenvalue weighted by Gasteiger charge is 2.35. The van der Waals surface area contributed by atoms with Crippen LogP contribution in [0.3, 0.4) is 0 Å². The van der Waals surface area contributed by atoms with Gasteiger partial charge in [-0.3, -0.25) is 4.90 Å². The summed E-state index contributed by atoms with van der Waals surface area (Å²) >= 11 is 0. The standard InChI is InChI=1S/C14H20N2/c1-2-10-8-16(9-10)14-6-3-11-7-12(15)4-5-13(11)14/h4-5,7,10,14H,2-3,6,8-9,15H2,1H3. The normalized spacial score (nSPS) is 25.4. The molecule has 86 valence electrons. The molecule has 1 aromatic rings. The average Bonchev–Trinajstić information content (AvgIpc) is 2.60. The first-order valence-electron chi connectivity index (χ1n) is 6.40. The van der Waals surface area contributed by atoms with Crippen molar-refractivity contribution >= 4 is 5.69 Å². The Morgan fingerprint density at radius 3 is 2.94 bits per heavy atom. The Morgan fingerprint density at radius 2 is 2.19 bits per heavy atom. The van der Waals surface area contributed by atoms with Gasteiger partial charge in [0.2, 0.25) is 0 Å². The summed E-state index contributed by atoms with van der Waals surface area (Å²) in [5, 5.41) is 0. The van der Waals surface area contributed by atoms with Crippen molar-refractivity contribution in [1.82, 2.24) is 4.90 Å². The van der Waals surface area contributed by atoms with Crippen molar-refractivity contribution in [1.29, 1.82) is 0 Å². The maximum atomic E-state index is 5.83. The quantitative estimate of drug-likeness (QED) is 0.770. The largest absolute Gasteiger partial charge is 0.399 e. The second-order valence-corrected chi connectivity index (χ2v) is 5.24. The molecule has 0 spiro atoms. The van der Waals surface area contributed by atoms with Crippen LogP contribution in [0.5, 0.6) is 0 Å². The first-order valence-corrected chi connectivity index (χ1v) is 6.40. The van der Waals surface area contributed by atoms with Crippen molar-refractivity contribution in [3.8, 4) is 0 Å². The molecule has 1 unspecified atom stereocenters. The first kappa shape index (κ1) is 10.2. The Labute approximate surface area is 97.4 Å². The fourth-order valence-electron chi connectivity index (χ4n) is 3.12. The van der Waals surface area contributed by atoms with E-state index in [4.69, 9.17) is 5.73 Å². The lowest BCUT2D eigenvalue weighted by Crippen LogP contribution is -2.47. The Balaban J connectivity index is 1.77. The lowest BCUT2D eigenvalue weighted by Gasteiger charge is -2.43. The summed E-state index contributed by atoms with van der Waals surface area (Å²) in [4.78, 5) is 2.64. The lowest BCUT2D eigenvalue weighted by atomic mass is 9.93. The lowest BCUT2D eigenvalue weighted by molar-refractivity contribution is 0.0505. The molecule has 1 fully saturated rings. The summed E-state index contributed by atoms with van der Waals surface area (Å²) in [6.45, 7) is 4.89. The molecule has 2 N–H and O–H groups in total. The highest BCUT2D eigenvalue weighted by molar-refractivity contribution is 5.47. The predicted octanol–water partition coefficient (Wildman–Crippen LogP) is 2.60. The molecule has 0 amide bonds. The zero-order valence-corrected chi connectivity index (χ0v) is 9.95. The second-order valence-electron chi connectivity index (χ2n) is 5.24. The third kappa shape index (κ3) is 1.52. The van der Waals surface area contributed by atoms with Gasteiger partial charge in [-0.2, -0.15) is 0 Å². The number of fused-ring (bicyclic) bond motifs is 1. The molecule has 0 bridgehead atoms. The van der Waals surface area contributed by atoms with Gasteiger partial charge < -0.3 is 5.73 Å². The van der Waals surface area contributed by atoms with Gasteiger partial charge in [0.25, 0.3) is 0 Å². The highest BCUT2D eigenvalue weighted by Crippen LogP contribution is 2.40. The van der Waals surface area contributed by atoms with E-state index in [0.717, 1.165) is 11.6 Å². The Kier molecular flexibility index (Phi) is 2.40. The van der Waals surface area contributed by atoms with Gasteiger partial charge in [0.1, 0.15) is 0 Å². The van der Waals surface area contributed by atoms with Gasteiger partial charge in [-0.15, -0.1) is 0 Å². The van der Waals surface area contributed by atoms with E-state index in [0.29, 0.717) is 6.04 Å². The molecule has 1 saturated heterocycles. The van der Waals surface area contributed by atoms with Crippen molar-refractivity contribution in [3.05, 3.63) is 29.3 Å². The zero-order valence-electron chi connectivity index (χ0n) is 9.95. The molecular formula is C14H20N2.